The second-order valence-electron chi connectivity index (χ2n) is 9.99. The van der Waals surface area contributed by atoms with Crippen molar-refractivity contribution in [3.63, 3.8) is 0 Å². The number of piperidine rings is 1. The minimum Gasteiger partial charge on any atom is -0.444 e. The average molecular weight is 488 g/mol. The van der Waals surface area contributed by atoms with Gasteiger partial charge in [-0.3, -0.25) is 4.79 Å². The highest BCUT2D eigenvalue weighted by Crippen LogP contribution is 2.27. The van der Waals surface area contributed by atoms with Crippen molar-refractivity contribution in [2.24, 2.45) is 0 Å². The van der Waals surface area contributed by atoms with Gasteiger partial charge in [-0.25, -0.2) is 14.8 Å². The van der Waals surface area contributed by atoms with Gasteiger partial charge >= 0.3 is 6.09 Å². The molecule has 3 aromatic rings. The Labute approximate surface area is 211 Å². The highest BCUT2D eigenvalue weighted by Gasteiger charge is 2.24. The monoisotopic (exact) mass is 487 g/mol. The zero-order valence-corrected chi connectivity index (χ0v) is 21.2. The van der Waals surface area contributed by atoms with Gasteiger partial charge in [-0.2, -0.15) is 0 Å². The number of carbonyl (C=O) groups is 2. The topological polar surface area (TPSA) is 96.5 Å². The van der Waals surface area contributed by atoms with Gasteiger partial charge in [0, 0.05) is 36.3 Å². The van der Waals surface area contributed by atoms with Gasteiger partial charge < -0.3 is 20.3 Å². The molecule has 2 amide bonds. The summed E-state index contributed by atoms with van der Waals surface area (Å²) in [5, 5.41) is 7.24. The van der Waals surface area contributed by atoms with Crippen LogP contribution in [0.15, 0.2) is 66.5 Å². The number of anilines is 2. The van der Waals surface area contributed by atoms with Crippen LogP contribution in [0.4, 0.5) is 16.3 Å². The molecule has 4 rings (SSSR count). The minimum atomic E-state index is -0.521. The Balaban J connectivity index is 1.41. The van der Waals surface area contributed by atoms with Crippen molar-refractivity contribution >= 4 is 34.4 Å². The fourth-order valence-electron chi connectivity index (χ4n) is 4.09. The van der Waals surface area contributed by atoms with Gasteiger partial charge in [0.25, 0.3) is 0 Å². The first-order chi connectivity index (χ1) is 17.2. The number of fused-ring (bicyclic) bond motifs is 1. The molecule has 1 fully saturated rings. The first-order valence-electron chi connectivity index (χ1n) is 12.2. The van der Waals surface area contributed by atoms with Crippen LogP contribution in [0.5, 0.6) is 0 Å². The van der Waals surface area contributed by atoms with Crippen molar-refractivity contribution in [1.29, 1.82) is 0 Å². The van der Waals surface area contributed by atoms with Crippen LogP contribution in [0.25, 0.3) is 10.9 Å². The third kappa shape index (κ3) is 6.59. The van der Waals surface area contributed by atoms with E-state index < -0.39 is 5.60 Å². The second kappa shape index (κ2) is 10.8. The number of nitrogens with one attached hydrogen (secondary N) is 2. The fourth-order valence-corrected chi connectivity index (χ4v) is 4.09. The van der Waals surface area contributed by atoms with Crippen LogP contribution in [0.3, 0.4) is 0 Å². The van der Waals surface area contributed by atoms with Crippen LogP contribution < -0.4 is 10.6 Å². The normalized spacial score (nSPS) is 14.8. The smallest absolute Gasteiger partial charge is 0.410 e. The van der Waals surface area contributed by atoms with Crippen LogP contribution >= 0.6 is 0 Å². The SMILES string of the molecule is CC(Nc1ncnc2ccc(NC(=O)C=C3CCN(C(=O)OC(C)(C)C)CC3)cc12)c1ccccc1. The number of ether oxygens (including phenoxy) is 1. The zero-order chi connectivity index (χ0) is 25.7. The van der Waals surface area contributed by atoms with E-state index in [1.165, 1.54) is 6.33 Å². The van der Waals surface area contributed by atoms with Crippen LogP contribution in [-0.4, -0.2) is 45.6 Å². The highest BCUT2D eigenvalue weighted by molar-refractivity contribution is 6.02. The number of rotatable bonds is 5. The summed E-state index contributed by atoms with van der Waals surface area (Å²) < 4.78 is 5.44. The van der Waals surface area contributed by atoms with E-state index in [9.17, 15) is 9.59 Å². The molecule has 188 valence electrons. The molecular formula is C28H33N5O3. The summed E-state index contributed by atoms with van der Waals surface area (Å²) in [5.74, 6) is 0.513. The molecule has 0 saturated carbocycles. The summed E-state index contributed by atoms with van der Waals surface area (Å²) in [6.45, 7) is 8.71. The lowest BCUT2D eigenvalue weighted by Gasteiger charge is -2.30. The Bertz CT molecular complexity index is 1260. The van der Waals surface area contributed by atoms with Crippen molar-refractivity contribution < 1.29 is 14.3 Å². The third-order valence-electron chi connectivity index (χ3n) is 5.95. The molecule has 0 bridgehead atoms. The lowest BCUT2D eigenvalue weighted by Crippen LogP contribution is -2.40. The number of hydrogen-bond donors (Lipinski definition) is 2. The minimum absolute atomic E-state index is 0.0545. The maximum Gasteiger partial charge on any atom is 0.410 e. The molecule has 2 heterocycles. The van der Waals surface area contributed by atoms with Gasteiger partial charge in [-0.15, -0.1) is 0 Å². The molecule has 1 aromatic heterocycles. The van der Waals surface area contributed by atoms with Crippen LogP contribution in [0.2, 0.25) is 0 Å². The maximum absolute atomic E-state index is 12.7. The molecular weight excluding hydrogens is 454 g/mol. The van der Waals surface area contributed by atoms with Crippen molar-refractivity contribution in [3.05, 3.63) is 72.1 Å². The van der Waals surface area contributed by atoms with Crippen LogP contribution in [0.1, 0.15) is 52.1 Å². The van der Waals surface area contributed by atoms with Gasteiger partial charge in [0.05, 0.1) is 5.52 Å². The van der Waals surface area contributed by atoms with E-state index in [0.717, 1.165) is 22.0 Å². The first kappa shape index (κ1) is 25.2. The molecule has 1 saturated heterocycles. The Morgan fingerprint density at radius 3 is 2.47 bits per heavy atom. The molecule has 2 aromatic carbocycles. The zero-order valence-electron chi connectivity index (χ0n) is 21.2. The second-order valence-corrected chi connectivity index (χ2v) is 9.99. The van der Waals surface area contributed by atoms with E-state index in [1.54, 1.807) is 11.0 Å². The van der Waals surface area contributed by atoms with Gasteiger partial charge in [0.15, 0.2) is 0 Å². The highest BCUT2D eigenvalue weighted by atomic mass is 16.6. The molecule has 0 aliphatic carbocycles. The molecule has 8 heteroatoms. The summed E-state index contributed by atoms with van der Waals surface area (Å²) in [6, 6.07) is 15.8. The van der Waals surface area contributed by atoms with Gasteiger partial charge in [-0.1, -0.05) is 35.9 Å². The summed E-state index contributed by atoms with van der Waals surface area (Å²) in [4.78, 5) is 35.5. The Hall–Kier alpha value is -3.94. The van der Waals surface area contributed by atoms with Crippen molar-refractivity contribution in [2.75, 3.05) is 23.7 Å². The summed E-state index contributed by atoms with van der Waals surface area (Å²) >= 11 is 0. The number of likely N-dealkylation sites (tertiary alicyclic amines) is 1. The number of carbonyl (C=O) groups excluding carboxylic acids is 2. The number of hydrogen-bond acceptors (Lipinski definition) is 6. The predicted molar refractivity (Wildman–Crippen MR) is 142 cm³/mol. The standard InChI is InChI=1S/C28H33N5O3/c1-19(21-8-6-5-7-9-21)31-26-23-17-22(10-11-24(23)29-18-30-26)32-25(34)16-20-12-14-33(15-13-20)27(35)36-28(2,3)4/h5-11,16-19H,12-15H2,1-4H3,(H,32,34)(H,29,30,31). The van der Waals surface area contributed by atoms with Gasteiger partial charge in [0.1, 0.15) is 17.7 Å². The fraction of sp³-hybridized carbons (Fsp3) is 0.357. The Morgan fingerprint density at radius 2 is 1.78 bits per heavy atom. The summed E-state index contributed by atoms with van der Waals surface area (Å²) in [6.07, 6.45) is 4.15. The molecule has 36 heavy (non-hydrogen) atoms. The van der Waals surface area contributed by atoms with Crippen molar-refractivity contribution in [1.82, 2.24) is 14.9 Å². The van der Waals surface area contributed by atoms with Gasteiger partial charge in [0.2, 0.25) is 5.91 Å². The molecule has 1 aliphatic heterocycles. The molecule has 0 radical (unpaired) electrons. The molecule has 1 atom stereocenters. The molecule has 2 N–H and O–H groups in total. The molecule has 1 aliphatic rings. The van der Waals surface area contributed by atoms with Crippen molar-refractivity contribution in [3.8, 4) is 0 Å². The predicted octanol–water partition coefficient (Wildman–Crippen LogP) is 5.70. The number of benzene rings is 2. The number of amides is 2. The molecule has 1 unspecified atom stereocenters. The Morgan fingerprint density at radius 1 is 1.06 bits per heavy atom. The van der Waals surface area contributed by atoms with E-state index in [2.05, 4.69) is 39.7 Å². The van der Waals surface area contributed by atoms with Crippen molar-refractivity contribution in [2.45, 2.75) is 52.2 Å². The van der Waals surface area contributed by atoms with E-state index in [1.807, 2.05) is 57.2 Å². The van der Waals surface area contributed by atoms with E-state index in [4.69, 9.17) is 4.74 Å². The average Bonchev–Trinajstić information content (AvgIpc) is 2.84. The maximum atomic E-state index is 12.7. The van der Waals surface area contributed by atoms with Crippen LogP contribution in [-0.2, 0) is 9.53 Å². The Kier molecular flexibility index (Phi) is 7.52. The number of aromatic nitrogens is 2. The first-order valence-corrected chi connectivity index (χ1v) is 12.2. The van der Waals surface area contributed by atoms with E-state index >= 15 is 0 Å². The van der Waals surface area contributed by atoms with Crippen LogP contribution in [0, 0.1) is 0 Å². The molecule has 0 spiro atoms. The third-order valence-corrected chi connectivity index (χ3v) is 5.95. The summed E-state index contributed by atoms with van der Waals surface area (Å²) in [7, 11) is 0. The largest absolute Gasteiger partial charge is 0.444 e. The number of nitrogens with zero attached hydrogens (tertiary/aromatic N) is 3. The molecule has 8 nitrogen and oxygen atoms in total. The quantitative estimate of drug-likeness (QED) is 0.448. The lowest BCUT2D eigenvalue weighted by molar-refractivity contribution is -0.112. The lowest BCUT2D eigenvalue weighted by atomic mass is 10.0. The van der Waals surface area contributed by atoms with Gasteiger partial charge in [-0.05, 0) is 64.3 Å². The van der Waals surface area contributed by atoms with E-state index in [0.29, 0.717) is 37.4 Å². The summed E-state index contributed by atoms with van der Waals surface area (Å²) in [5.41, 5.74) is 3.10. The van der Waals surface area contributed by atoms with E-state index in [-0.39, 0.29) is 18.0 Å².